The van der Waals surface area contributed by atoms with Gasteiger partial charge in [-0.1, -0.05) is 29.8 Å². The minimum atomic E-state index is 0.420. The summed E-state index contributed by atoms with van der Waals surface area (Å²) in [5.41, 5.74) is 2.75. The molecule has 2 atom stereocenters. The fourth-order valence-electron chi connectivity index (χ4n) is 2.65. The lowest BCUT2D eigenvalue weighted by Gasteiger charge is -2.35. The quantitative estimate of drug-likeness (QED) is 0.848. The van der Waals surface area contributed by atoms with Crippen molar-refractivity contribution in [3.63, 3.8) is 0 Å². The topological polar surface area (TPSA) is 21.3 Å². The van der Waals surface area contributed by atoms with Crippen LogP contribution in [0.4, 0.5) is 0 Å². The molecule has 1 N–H and O–H groups in total. The number of thioether (sulfide) groups is 1. The van der Waals surface area contributed by atoms with Crippen molar-refractivity contribution < 1.29 is 4.74 Å². The van der Waals surface area contributed by atoms with E-state index in [9.17, 15) is 0 Å². The van der Waals surface area contributed by atoms with Crippen LogP contribution in [0.3, 0.4) is 0 Å². The van der Waals surface area contributed by atoms with Gasteiger partial charge in [-0.05, 0) is 37.1 Å². The van der Waals surface area contributed by atoms with E-state index in [2.05, 4.69) is 47.2 Å². The van der Waals surface area contributed by atoms with Crippen molar-refractivity contribution in [2.45, 2.75) is 43.7 Å². The molecule has 0 aromatic heterocycles. The van der Waals surface area contributed by atoms with E-state index in [1.807, 2.05) is 11.8 Å². The molecule has 1 aliphatic heterocycles. The predicted molar refractivity (Wildman–Crippen MR) is 87.1 cm³/mol. The third-order valence-electron chi connectivity index (χ3n) is 3.62. The van der Waals surface area contributed by atoms with Gasteiger partial charge >= 0.3 is 0 Å². The van der Waals surface area contributed by atoms with Gasteiger partial charge in [0.25, 0.3) is 0 Å². The maximum absolute atomic E-state index is 5.53. The van der Waals surface area contributed by atoms with Crippen molar-refractivity contribution in [1.29, 1.82) is 0 Å². The summed E-state index contributed by atoms with van der Waals surface area (Å²) in [7, 11) is 1.76. The van der Waals surface area contributed by atoms with Crippen LogP contribution in [-0.4, -0.2) is 18.9 Å². The molecular weight excluding hydrogens is 322 g/mol. The van der Waals surface area contributed by atoms with Gasteiger partial charge in [0.2, 0.25) is 0 Å². The molecule has 0 amide bonds. The van der Waals surface area contributed by atoms with E-state index in [0.717, 1.165) is 24.5 Å². The molecule has 0 radical (unpaired) electrons. The minimum Gasteiger partial charge on any atom is -0.496 e. The number of nitrogens with one attached hydrogen (secondary N) is 1. The molecular formula is C15H22BrNOS. The van der Waals surface area contributed by atoms with E-state index in [0.29, 0.717) is 11.3 Å². The molecule has 19 heavy (non-hydrogen) atoms. The van der Waals surface area contributed by atoms with Gasteiger partial charge in [-0.25, -0.2) is 0 Å². The van der Waals surface area contributed by atoms with Crippen molar-refractivity contribution >= 4 is 27.7 Å². The summed E-state index contributed by atoms with van der Waals surface area (Å²) >= 11 is 5.77. The molecule has 1 aromatic carbocycles. The summed E-state index contributed by atoms with van der Waals surface area (Å²) in [5, 5.41) is 4.36. The molecule has 2 nitrogen and oxygen atoms in total. The lowest BCUT2D eigenvalue weighted by atomic mass is 9.95. The van der Waals surface area contributed by atoms with Gasteiger partial charge in [0.1, 0.15) is 5.75 Å². The summed E-state index contributed by atoms with van der Waals surface area (Å²) < 4.78 is 6.73. The summed E-state index contributed by atoms with van der Waals surface area (Å²) in [6, 6.07) is 4.59. The van der Waals surface area contributed by atoms with Gasteiger partial charge in [0.05, 0.1) is 7.11 Å². The predicted octanol–water partition coefficient (Wildman–Crippen LogP) is 4.52. The molecule has 2 rings (SSSR count). The second-order valence-electron chi connectivity index (χ2n) is 4.83. The highest BCUT2D eigenvalue weighted by Gasteiger charge is 2.32. The van der Waals surface area contributed by atoms with E-state index in [1.165, 1.54) is 22.0 Å². The fraction of sp³-hybridized carbons (Fsp3) is 0.600. The molecule has 0 saturated heterocycles. The third-order valence-corrected chi connectivity index (χ3v) is 5.80. The Morgan fingerprint density at radius 3 is 2.84 bits per heavy atom. The largest absolute Gasteiger partial charge is 0.496 e. The molecule has 106 valence electrons. The first-order valence-corrected chi connectivity index (χ1v) is 8.77. The van der Waals surface area contributed by atoms with Crippen LogP contribution in [0.1, 0.15) is 43.9 Å². The van der Waals surface area contributed by atoms with Gasteiger partial charge in [0, 0.05) is 27.1 Å². The Morgan fingerprint density at radius 1 is 1.42 bits per heavy atom. The van der Waals surface area contributed by atoms with E-state index >= 15 is 0 Å². The Morgan fingerprint density at radius 2 is 2.21 bits per heavy atom. The van der Waals surface area contributed by atoms with Crippen LogP contribution in [0.25, 0.3) is 0 Å². The first-order valence-electron chi connectivity index (χ1n) is 6.93. The molecule has 1 heterocycles. The number of fused-ring (bicyclic) bond motifs is 1. The molecule has 0 saturated carbocycles. The number of hydrogen-bond donors (Lipinski definition) is 1. The lowest BCUT2D eigenvalue weighted by molar-refractivity contribution is 0.406. The van der Waals surface area contributed by atoms with Gasteiger partial charge in [0.15, 0.2) is 0 Å². The molecule has 0 aliphatic carbocycles. The zero-order valence-electron chi connectivity index (χ0n) is 11.8. The van der Waals surface area contributed by atoms with Crippen molar-refractivity contribution in [2.24, 2.45) is 0 Å². The number of ether oxygens (including phenoxy) is 1. The van der Waals surface area contributed by atoms with E-state index in [1.54, 1.807) is 7.11 Å². The number of rotatable bonds is 5. The summed E-state index contributed by atoms with van der Waals surface area (Å²) in [5.74, 6) is 2.06. The van der Waals surface area contributed by atoms with E-state index in [4.69, 9.17) is 4.74 Å². The molecule has 0 spiro atoms. The Hall–Kier alpha value is -0.190. The highest BCUT2D eigenvalue weighted by Crippen LogP contribution is 2.45. The molecule has 2 unspecified atom stereocenters. The van der Waals surface area contributed by atoms with Crippen molar-refractivity contribution in [1.82, 2.24) is 5.32 Å². The number of hydrogen-bond acceptors (Lipinski definition) is 3. The van der Waals surface area contributed by atoms with Gasteiger partial charge in [-0.3, -0.25) is 0 Å². The third kappa shape index (κ3) is 3.11. The van der Waals surface area contributed by atoms with Crippen molar-refractivity contribution in [2.75, 3.05) is 13.7 Å². The maximum atomic E-state index is 5.53. The molecule has 4 heteroatoms. The van der Waals surface area contributed by atoms with E-state index < -0.39 is 0 Å². The van der Waals surface area contributed by atoms with Crippen LogP contribution in [0.15, 0.2) is 16.6 Å². The Balaban J connectivity index is 2.42. The average molecular weight is 344 g/mol. The Labute approximate surface area is 128 Å². The first-order chi connectivity index (χ1) is 9.22. The van der Waals surface area contributed by atoms with Crippen LogP contribution in [0.2, 0.25) is 0 Å². The maximum Gasteiger partial charge on any atom is 0.123 e. The normalized spacial score (nSPS) is 22.1. The minimum absolute atomic E-state index is 0.420. The zero-order valence-corrected chi connectivity index (χ0v) is 14.2. The zero-order chi connectivity index (χ0) is 13.8. The monoisotopic (exact) mass is 343 g/mol. The highest BCUT2D eigenvalue weighted by molar-refractivity contribution is 9.10. The smallest absolute Gasteiger partial charge is 0.123 e. The van der Waals surface area contributed by atoms with Crippen molar-refractivity contribution in [3.05, 3.63) is 27.7 Å². The van der Waals surface area contributed by atoms with Crippen LogP contribution in [0, 0.1) is 0 Å². The first kappa shape index (κ1) is 15.2. The molecule has 1 aliphatic rings. The number of methoxy groups -OCH3 is 1. The van der Waals surface area contributed by atoms with Gasteiger partial charge in [-0.15, -0.1) is 0 Å². The number of halogens is 1. The van der Waals surface area contributed by atoms with Crippen LogP contribution >= 0.6 is 27.7 Å². The van der Waals surface area contributed by atoms with Gasteiger partial charge < -0.3 is 10.1 Å². The van der Waals surface area contributed by atoms with Crippen LogP contribution in [0.5, 0.6) is 5.75 Å². The second-order valence-corrected chi connectivity index (χ2v) is 6.91. The average Bonchev–Trinajstić information content (AvgIpc) is 2.45. The fourth-order valence-corrected chi connectivity index (χ4v) is 4.61. The standard InChI is InChI=1S/C15H22BrNOS/c1-4-8-17-15-13(5-2)19-9-10-12(18-3)7-6-11(16)14(10)15/h6-7,13,15,17H,4-5,8-9H2,1-3H3. The Bertz CT molecular complexity index is 438. The molecule has 0 fully saturated rings. The lowest BCUT2D eigenvalue weighted by Crippen LogP contribution is -2.34. The Kier molecular flexibility index (Phi) is 5.60. The number of benzene rings is 1. The summed E-state index contributed by atoms with van der Waals surface area (Å²) in [6.45, 7) is 5.55. The van der Waals surface area contributed by atoms with Crippen LogP contribution < -0.4 is 10.1 Å². The molecule has 0 bridgehead atoms. The highest BCUT2D eigenvalue weighted by atomic mass is 79.9. The SMILES string of the molecule is CCCNC1c2c(Br)ccc(OC)c2CSC1CC. The molecule has 1 aromatic rings. The van der Waals surface area contributed by atoms with Crippen LogP contribution in [-0.2, 0) is 5.75 Å². The van der Waals surface area contributed by atoms with Crippen molar-refractivity contribution in [3.8, 4) is 5.75 Å². The van der Waals surface area contributed by atoms with Gasteiger partial charge in [-0.2, -0.15) is 11.8 Å². The summed E-state index contributed by atoms with van der Waals surface area (Å²) in [4.78, 5) is 0. The van der Waals surface area contributed by atoms with E-state index in [-0.39, 0.29) is 0 Å². The second kappa shape index (κ2) is 7.00. The summed E-state index contributed by atoms with van der Waals surface area (Å²) in [6.07, 6.45) is 2.35.